The molecule has 0 saturated carbocycles. The summed E-state index contributed by atoms with van der Waals surface area (Å²) in [5.74, 6) is 0.148. The molecular formula is C16H16N2O2S. The number of hydrogen-bond donors (Lipinski definition) is 1. The van der Waals surface area contributed by atoms with Crippen LogP contribution < -0.4 is 0 Å². The van der Waals surface area contributed by atoms with Gasteiger partial charge in [-0.15, -0.1) is 11.3 Å². The highest BCUT2D eigenvalue weighted by molar-refractivity contribution is 7.13. The summed E-state index contributed by atoms with van der Waals surface area (Å²) in [5.41, 5.74) is 2.72. The third-order valence-electron chi connectivity index (χ3n) is 3.36. The fraction of sp³-hybridized carbons (Fsp3) is 0.250. The predicted molar refractivity (Wildman–Crippen MR) is 84.7 cm³/mol. The molecule has 0 bridgehead atoms. The summed E-state index contributed by atoms with van der Waals surface area (Å²) in [6.45, 7) is 3.05. The van der Waals surface area contributed by atoms with Gasteiger partial charge < -0.3 is 9.67 Å². The minimum absolute atomic E-state index is 0.0327. The van der Waals surface area contributed by atoms with Gasteiger partial charge in [-0.05, 0) is 35.6 Å². The number of carbonyl (C=O) groups is 1. The summed E-state index contributed by atoms with van der Waals surface area (Å²) in [6.07, 6.45) is 1.06. The van der Waals surface area contributed by atoms with Crippen LogP contribution in [0.2, 0.25) is 0 Å². The van der Waals surface area contributed by atoms with Crippen molar-refractivity contribution in [3.05, 3.63) is 41.3 Å². The maximum absolute atomic E-state index is 10.8. The maximum atomic E-state index is 10.8. The normalized spacial score (nSPS) is 11.1. The lowest BCUT2D eigenvalue weighted by Gasteiger charge is -2.06. The maximum Gasteiger partial charge on any atom is 0.307 e. The largest absolute Gasteiger partial charge is 0.481 e. The number of aryl methyl sites for hydroxylation is 1. The van der Waals surface area contributed by atoms with Gasteiger partial charge in [-0.2, -0.15) is 0 Å². The minimum atomic E-state index is -0.819. The number of thiophene rings is 1. The van der Waals surface area contributed by atoms with E-state index in [0.717, 1.165) is 40.3 Å². The van der Waals surface area contributed by atoms with E-state index in [2.05, 4.69) is 17.6 Å². The van der Waals surface area contributed by atoms with Gasteiger partial charge in [0.2, 0.25) is 0 Å². The zero-order valence-corrected chi connectivity index (χ0v) is 12.6. The smallest absolute Gasteiger partial charge is 0.307 e. The van der Waals surface area contributed by atoms with Crippen molar-refractivity contribution < 1.29 is 9.90 Å². The molecule has 3 aromatic rings. The highest BCUT2D eigenvalue weighted by Gasteiger charge is 2.13. The van der Waals surface area contributed by atoms with Crippen LogP contribution in [0.3, 0.4) is 0 Å². The summed E-state index contributed by atoms with van der Waals surface area (Å²) >= 11 is 1.67. The molecule has 2 aromatic heterocycles. The van der Waals surface area contributed by atoms with Crippen LogP contribution in [0, 0.1) is 0 Å². The first-order chi connectivity index (χ1) is 10.2. The second kappa shape index (κ2) is 5.69. The van der Waals surface area contributed by atoms with E-state index >= 15 is 0 Å². The topological polar surface area (TPSA) is 55.1 Å². The Morgan fingerprint density at radius 2 is 2.24 bits per heavy atom. The summed E-state index contributed by atoms with van der Waals surface area (Å²) in [5, 5.41) is 11.0. The molecule has 3 rings (SSSR count). The third kappa shape index (κ3) is 2.69. The van der Waals surface area contributed by atoms with Crippen molar-refractivity contribution in [2.75, 3.05) is 0 Å². The average Bonchev–Trinajstić information content (AvgIpc) is 3.06. The van der Waals surface area contributed by atoms with E-state index in [0.29, 0.717) is 0 Å². The summed E-state index contributed by atoms with van der Waals surface area (Å²) < 4.78 is 2.21. The number of aliphatic carboxylic acids is 1. The number of imidazole rings is 1. The monoisotopic (exact) mass is 300 g/mol. The van der Waals surface area contributed by atoms with E-state index in [1.165, 1.54) is 0 Å². The summed E-state index contributed by atoms with van der Waals surface area (Å²) in [4.78, 5) is 16.7. The van der Waals surface area contributed by atoms with Crippen LogP contribution in [-0.2, 0) is 17.8 Å². The van der Waals surface area contributed by atoms with Gasteiger partial charge in [0.15, 0.2) is 5.82 Å². The van der Waals surface area contributed by atoms with Crippen molar-refractivity contribution in [2.24, 2.45) is 0 Å². The van der Waals surface area contributed by atoms with Gasteiger partial charge in [-0.25, -0.2) is 4.98 Å². The van der Waals surface area contributed by atoms with E-state index in [1.807, 2.05) is 29.6 Å². The SMILES string of the molecule is CCCn1c(-c2cccs2)nc2cc(CC(=O)O)ccc21. The van der Waals surface area contributed by atoms with Crippen molar-refractivity contribution in [2.45, 2.75) is 26.3 Å². The summed E-state index contributed by atoms with van der Waals surface area (Å²) in [6, 6.07) is 9.82. The van der Waals surface area contributed by atoms with E-state index in [4.69, 9.17) is 10.1 Å². The van der Waals surface area contributed by atoms with Crippen LogP contribution >= 0.6 is 11.3 Å². The van der Waals surface area contributed by atoms with Gasteiger partial charge in [0.1, 0.15) is 0 Å². The molecule has 0 saturated heterocycles. The molecule has 0 aliphatic heterocycles. The zero-order chi connectivity index (χ0) is 14.8. The lowest BCUT2D eigenvalue weighted by atomic mass is 10.1. The molecular weight excluding hydrogens is 284 g/mol. The Hall–Kier alpha value is -2.14. The van der Waals surface area contributed by atoms with E-state index in [9.17, 15) is 4.79 Å². The van der Waals surface area contributed by atoms with Crippen LogP contribution in [0.5, 0.6) is 0 Å². The van der Waals surface area contributed by atoms with Gasteiger partial charge in [0, 0.05) is 6.54 Å². The van der Waals surface area contributed by atoms with Crippen molar-refractivity contribution in [3.63, 3.8) is 0 Å². The number of benzene rings is 1. The Bertz CT molecular complexity index is 775. The molecule has 2 heterocycles. The number of fused-ring (bicyclic) bond motifs is 1. The predicted octanol–water partition coefficient (Wildman–Crippen LogP) is 3.80. The average molecular weight is 300 g/mol. The number of nitrogens with zero attached hydrogens (tertiary/aromatic N) is 2. The highest BCUT2D eigenvalue weighted by atomic mass is 32.1. The number of aromatic nitrogens is 2. The molecule has 0 amide bonds. The number of carboxylic acid groups (broad SMARTS) is 1. The molecule has 0 aliphatic carbocycles. The molecule has 0 atom stereocenters. The molecule has 5 heteroatoms. The first-order valence-corrected chi connectivity index (χ1v) is 7.82. The second-order valence-electron chi connectivity index (χ2n) is 4.96. The lowest BCUT2D eigenvalue weighted by Crippen LogP contribution is -2.00. The molecule has 0 radical (unpaired) electrons. The molecule has 0 unspecified atom stereocenters. The van der Waals surface area contributed by atoms with Crippen LogP contribution in [0.4, 0.5) is 0 Å². The van der Waals surface area contributed by atoms with E-state index < -0.39 is 5.97 Å². The van der Waals surface area contributed by atoms with Gasteiger partial charge in [-0.1, -0.05) is 19.1 Å². The highest BCUT2D eigenvalue weighted by Crippen LogP contribution is 2.29. The van der Waals surface area contributed by atoms with Gasteiger partial charge >= 0.3 is 5.97 Å². The van der Waals surface area contributed by atoms with Crippen molar-refractivity contribution in [1.29, 1.82) is 0 Å². The quantitative estimate of drug-likeness (QED) is 0.779. The molecule has 0 fully saturated rings. The fourth-order valence-electron chi connectivity index (χ4n) is 2.50. The first-order valence-electron chi connectivity index (χ1n) is 6.94. The first kappa shape index (κ1) is 13.8. The molecule has 0 spiro atoms. The molecule has 1 N–H and O–H groups in total. The van der Waals surface area contributed by atoms with Crippen molar-refractivity contribution in [1.82, 2.24) is 9.55 Å². The zero-order valence-electron chi connectivity index (χ0n) is 11.7. The van der Waals surface area contributed by atoms with Crippen molar-refractivity contribution >= 4 is 28.3 Å². The molecule has 21 heavy (non-hydrogen) atoms. The Morgan fingerprint density at radius 1 is 1.38 bits per heavy atom. The van der Waals surface area contributed by atoms with Crippen LogP contribution in [0.1, 0.15) is 18.9 Å². The number of carboxylic acids is 1. The van der Waals surface area contributed by atoms with Crippen LogP contribution in [-0.4, -0.2) is 20.6 Å². The van der Waals surface area contributed by atoms with Crippen molar-refractivity contribution in [3.8, 4) is 10.7 Å². The Balaban J connectivity index is 2.14. The number of hydrogen-bond acceptors (Lipinski definition) is 3. The number of rotatable bonds is 5. The molecule has 4 nitrogen and oxygen atoms in total. The van der Waals surface area contributed by atoms with Gasteiger partial charge in [-0.3, -0.25) is 4.79 Å². The fourth-order valence-corrected chi connectivity index (χ4v) is 3.23. The van der Waals surface area contributed by atoms with E-state index in [-0.39, 0.29) is 6.42 Å². The summed E-state index contributed by atoms with van der Waals surface area (Å²) in [7, 11) is 0. The van der Waals surface area contributed by atoms with E-state index in [1.54, 1.807) is 11.3 Å². The lowest BCUT2D eigenvalue weighted by molar-refractivity contribution is -0.136. The second-order valence-corrected chi connectivity index (χ2v) is 5.91. The third-order valence-corrected chi connectivity index (χ3v) is 4.22. The van der Waals surface area contributed by atoms with Crippen LogP contribution in [0.15, 0.2) is 35.7 Å². The molecule has 108 valence electrons. The van der Waals surface area contributed by atoms with Crippen LogP contribution in [0.25, 0.3) is 21.7 Å². The molecule has 1 aromatic carbocycles. The minimum Gasteiger partial charge on any atom is -0.481 e. The Kier molecular flexibility index (Phi) is 3.75. The Labute approximate surface area is 126 Å². The van der Waals surface area contributed by atoms with Gasteiger partial charge in [0.25, 0.3) is 0 Å². The van der Waals surface area contributed by atoms with Gasteiger partial charge in [0.05, 0.1) is 22.3 Å². The standard InChI is InChI=1S/C16H16N2O2S/c1-2-7-18-13-6-5-11(10-15(19)20)9-12(13)17-16(18)14-4-3-8-21-14/h3-6,8-9H,2,7,10H2,1H3,(H,19,20). The Morgan fingerprint density at radius 3 is 2.90 bits per heavy atom. The molecule has 0 aliphatic rings.